The number of ether oxygens (including phenoxy) is 3. The van der Waals surface area contributed by atoms with Crippen molar-refractivity contribution in [2.24, 2.45) is 0 Å². The van der Waals surface area contributed by atoms with E-state index in [1.165, 1.54) is 4.90 Å². The summed E-state index contributed by atoms with van der Waals surface area (Å²) in [5.41, 5.74) is 0.140. The molecule has 0 aromatic heterocycles. The van der Waals surface area contributed by atoms with Crippen molar-refractivity contribution in [1.82, 2.24) is 4.90 Å². The first-order valence-electron chi connectivity index (χ1n) is 8.06. The lowest BCUT2D eigenvalue weighted by atomic mass is 10.2. The number of benzene rings is 1. The molecule has 1 atom stereocenters. The minimum atomic E-state index is -1.03. The summed E-state index contributed by atoms with van der Waals surface area (Å²) in [5, 5.41) is 0. The normalized spacial score (nSPS) is 18.4. The summed E-state index contributed by atoms with van der Waals surface area (Å²) in [6.45, 7) is 4.79. The zero-order chi connectivity index (χ0) is 18.4. The number of nitrogens with zero attached hydrogens (tertiary/aromatic N) is 1. The van der Waals surface area contributed by atoms with Crippen molar-refractivity contribution in [3.8, 4) is 0 Å². The van der Waals surface area contributed by atoms with Gasteiger partial charge in [0.1, 0.15) is 18.8 Å². The fourth-order valence-electron chi connectivity index (χ4n) is 2.20. The molecule has 1 saturated heterocycles. The molecule has 7 nitrogen and oxygen atoms in total. The largest absolute Gasteiger partial charge is 0.459 e. The number of ketones is 1. The number of hydrogen-bond acceptors (Lipinski definition) is 6. The van der Waals surface area contributed by atoms with Crippen LogP contribution in [-0.2, 0) is 30.4 Å². The van der Waals surface area contributed by atoms with E-state index >= 15 is 0 Å². The molecule has 1 aliphatic rings. The molecule has 1 fully saturated rings. The van der Waals surface area contributed by atoms with E-state index in [4.69, 9.17) is 14.2 Å². The molecule has 0 spiro atoms. The van der Waals surface area contributed by atoms with Crippen LogP contribution >= 0.6 is 0 Å². The molecule has 1 heterocycles. The van der Waals surface area contributed by atoms with E-state index in [0.717, 1.165) is 5.56 Å². The van der Waals surface area contributed by atoms with Gasteiger partial charge in [-0.2, -0.15) is 0 Å². The smallest absolute Gasteiger partial charge is 0.410 e. The lowest BCUT2D eigenvalue weighted by Gasteiger charge is -2.27. The Balaban J connectivity index is 1.98. The highest BCUT2D eigenvalue weighted by molar-refractivity contribution is 5.87. The summed E-state index contributed by atoms with van der Waals surface area (Å²) < 4.78 is 15.8. The summed E-state index contributed by atoms with van der Waals surface area (Å²) in [4.78, 5) is 37.4. The fourth-order valence-corrected chi connectivity index (χ4v) is 2.20. The van der Waals surface area contributed by atoms with Crippen LogP contribution in [0.5, 0.6) is 0 Å². The fraction of sp³-hybridized carbons (Fsp3) is 0.500. The molecular weight excluding hydrogens is 326 g/mol. The SMILES string of the molecule is CC(C)(C)OC(=O)N1CC(=O)CO[C@H](C(=O)OCc2ccccc2)C1. The van der Waals surface area contributed by atoms with Crippen molar-refractivity contribution in [3.63, 3.8) is 0 Å². The second kappa shape index (κ2) is 8.11. The predicted molar refractivity (Wildman–Crippen MR) is 88.8 cm³/mol. The van der Waals surface area contributed by atoms with E-state index in [-0.39, 0.29) is 32.1 Å². The molecular formula is C18H23NO6. The predicted octanol–water partition coefficient (Wildman–Crippen LogP) is 1.93. The van der Waals surface area contributed by atoms with Crippen LogP contribution in [0, 0.1) is 0 Å². The number of carbonyl (C=O) groups is 3. The van der Waals surface area contributed by atoms with Gasteiger partial charge in [0.15, 0.2) is 11.9 Å². The van der Waals surface area contributed by atoms with Gasteiger partial charge in [-0.05, 0) is 26.3 Å². The molecule has 0 N–H and O–H groups in total. The van der Waals surface area contributed by atoms with E-state index < -0.39 is 23.8 Å². The summed E-state index contributed by atoms with van der Waals surface area (Å²) >= 11 is 0. The highest BCUT2D eigenvalue weighted by Crippen LogP contribution is 2.14. The maximum absolute atomic E-state index is 12.2. The molecule has 0 aliphatic carbocycles. The highest BCUT2D eigenvalue weighted by Gasteiger charge is 2.33. The van der Waals surface area contributed by atoms with Gasteiger partial charge in [0.2, 0.25) is 0 Å². The van der Waals surface area contributed by atoms with Gasteiger partial charge in [-0.1, -0.05) is 30.3 Å². The second-order valence-electron chi connectivity index (χ2n) is 6.79. The minimum absolute atomic E-state index is 0.0890. The van der Waals surface area contributed by atoms with E-state index in [1.807, 2.05) is 30.3 Å². The quantitative estimate of drug-likeness (QED) is 0.776. The van der Waals surface area contributed by atoms with Gasteiger partial charge in [0.05, 0.1) is 13.1 Å². The van der Waals surface area contributed by atoms with Crippen molar-refractivity contribution in [2.75, 3.05) is 19.7 Å². The van der Waals surface area contributed by atoms with Crippen LogP contribution in [-0.4, -0.2) is 54.1 Å². The Morgan fingerprint density at radius 2 is 1.92 bits per heavy atom. The first-order chi connectivity index (χ1) is 11.7. The standard InChI is InChI=1S/C18H23NO6/c1-18(2,3)25-17(22)19-9-14(20)12-23-15(10-19)16(21)24-11-13-7-5-4-6-8-13/h4-8,15H,9-12H2,1-3H3/t15-/m0/s1. The lowest BCUT2D eigenvalue weighted by molar-refractivity contribution is -0.158. The number of hydrogen-bond donors (Lipinski definition) is 0. The average Bonchev–Trinajstić information content (AvgIpc) is 2.74. The molecule has 1 aromatic carbocycles. The molecule has 1 aliphatic heterocycles. The zero-order valence-corrected chi connectivity index (χ0v) is 14.7. The molecule has 0 radical (unpaired) electrons. The van der Waals surface area contributed by atoms with Crippen LogP contribution in [0.15, 0.2) is 30.3 Å². The van der Waals surface area contributed by atoms with Crippen LogP contribution < -0.4 is 0 Å². The van der Waals surface area contributed by atoms with E-state index in [2.05, 4.69) is 0 Å². The number of Topliss-reactive ketones (excluding diaryl/α,β-unsaturated/α-hetero) is 1. The molecule has 0 saturated carbocycles. The topological polar surface area (TPSA) is 82.1 Å². The Kier molecular flexibility index (Phi) is 6.14. The van der Waals surface area contributed by atoms with Crippen molar-refractivity contribution >= 4 is 17.8 Å². The second-order valence-corrected chi connectivity index (χ2v) is 6.79. The molecule has 0 unspecified atom stereocenters. The zero-order valence-electron chi connectivity index (χ0n) is 14.7. The summed E-state index contributed by atoms with van der Waals surface area (Å²) in [6.07, 6.45) is -1.69. The Morgan fingerprint density at radius 3 is 2.56 bits per heavy atom. The average molecular weight is 349 g/mol. The summed E-state index contributed by atoms with van der Waals surface area (Å²) in [6, 6.07) is 9.21. The van der Waals surface area contributed by atoms with Crippen LogP contribution in [0.4, 0.5) is 4.79 Å². The van der Waals surface area contributed by atoms with E-state index in [9.17, 15) is 14.4 Å². The van der Waals surface area contributed by atoms with Gasteiger partial charge in [0, 0.05) is 0 Å². The van der Waals surface area contributed by atoms with E-state index in [1.54, 1.807) is 20.8 Å². The molecule has 0 bridgehead atoms. The maximum Gasteiger partial charge on any atom is 0.410 e. The molecule has 2 rings (SSSR count). The van der Waals surface area contributed by atoms with Crippen molar-refractivity contribution in [1.29, 1.82) is 0 Å². The lowest BCUT2D eigenvalue weighted by Crippen LogP contribution is -2.44. The number of amides is 1. The highest BCUT2D eigenvalue weighted by atomic mass is 16.6. The molecule has 25 heavy (non-hydrogen) atoms. The molecule has 1 aromatic rings. The van der Waals surface area contributed by atoms with Gasteiger partial charge in [-0.25, -0.2) is 9.59 Å². The Morgan fingerprint density at radius 1 is 1.24 bits per heavy atom. The third-order valence-corrected chi connectivity index (χ3v) is 3.34. The van der Waals surface area contributed by atoms with Gasteiger partial charge in [-0.15, -0.1) is 0 Å². The number of carbonyl (C=O) groups excluding carboxylic acids is 3. The summed E-state index contributed by atoms with van der Waals surface area (Å²) in [5.74, 6) is -0.920. The first-order valence-corrected chi connectivity index (χ1v) is 8.06. The number of rotatable bonds is 3. The van der Waals surface area contributed by atoms with Crippen molar-refractivity contribution in [3.05, 3.63) is 35.9 Å². The first kappa shape index (κ1) is 18.9. The van der Waals surface area contributed by atoms with Crippen LogP contribution in [0.1, 0.15) is 26.3 Å². The number of esters is 1. The van der Waals surface area contributed by atoms with Gasteiger partial charge in [0.25, 0.3) is 0 Å². The van der Waals surface area contributed by atoms with Crippen molar-refractivity contribution in [2.45, 2.75) is 39.1 Å². The van der Waals surface area contributed by atoms with Crippen molar-refractivity contribution < 1.29 is 28.6 Å². The van der Waals surface area contributed by atoms with Gasteiger partial charge < -0.3 is 14.2 Å². The van der Waals surface area contributed by atoms with Gasteiger partial charge >= 0.3 is 12.1 Å². The Labute approximate surface area is 146 Å². The third kappa shape index (κ3) is 6.19. The third-order valence-electron chi connectivity index (χ3n) is 3.34. The summed E-state index contributed by atoms with van der Waals surface area (Å²) in [7, 11) is 0. The van der Waals surface area contributed by atoms with Gasteiger partial charge in [-0.3, -0.25) is 9.69 Å². The molecule has 7 heteroatoms. The van der Waals surface area contributed by atoms with Crippen LogP contribution in [0.3, 0.4) is 0 Å². The molecule has 1 amide bonds. The Hall–Kier alpha value is -2.41. The molecule has 136 valence electrons. The van der Waals surface area contributed by atoms with Crippen LogP contribution in [0.2, 0.25) is 0 Å². The minimum Gasteiger partial charge on any atom is -0.459 e. The maximum atomic E-state index is 12.2. The Bertz CT molecular complexity index is 622. The monoisotopic (exact) mass is 349 g/mol. The van der Waals surface area contributed by atoms with Crippen LogP contribution in [0.25, 0.3) is 0 Å². The van der Waals surface area contributed by atoms with E-state index in [0.29, 0.717) is 0 Å².